The number of rotatable bonds is 6. The Morgan fingerprint density at radius 1 is 1.44 bits per heavy atom. The van der Waals surface area contributed by atoms with Crippen LogP contribution in [0.2, 0.25) is 0 Å². The lowest BCUT2D eigenvalue weighted by molar-refractivity contribution is 0.00866. The molecule has 0 aromatic carbocycles. The number of nitrogens with one attached hydrogen (secondary N) is 1. The van der Waals surface area contributed by atoms with Crippen molar-refractivity contribution in [2.75, 3.05) is 30.9 Å². The van der Waals surface area contributed by atoms with Gasteiger partial charge in [-0.05, 0) is 27.2 Å². The first kappa shape index (κ1) is 14.7. The molecule has 16 heavy (non-hydrogen) atoms. The fraction of sp³-hybridized carbons (Fsp3) is 1.00. The normalized spacial score (nSPS) is 24.4. The summed E-state index contributed by atoms with van der Waals surface area (Å²) in [5.74, 6) is 3.94. The van der Waals surface area contributed by atoms with Crippen molar-refractivity contribution in [3.8, 4) is 0 Å². The minimum Gasteiger partial charge on any atom is -0.379 e. The third-order valence-electron chi connectivity index (χ3n) is 2.93. The maximum Gasteiger partial charge on any atom is 0.0637 e. The van der Waals surface area contributed by atoms with Gasteiger partial charge in [-0.2, -0.15) is 23.5 Å². The van der Waals surface area contributed by atoms with Crippen molar-refractivity contribution in [2.45, 2.75) is 44.1 Å². The number of methoxy groups -OCH3 is 1. The van der Waals surface area contributed by atoms with Gasteiger partial charge in [-0.1, -0.05) is 0 Å². The third-order valence-corrected chi connectivity index (χ3v) is 5.77. The molecule has 0 radical (unpaired) electrons. The fourth-order valence-electron chi connectivity index (χ4n) is 1.88. The van der Waals surface area contributed by atoms with E-state index in [1.165, 1.54) is 17.3 Å². The summed E-state index contributed by atoms with van der Waals surface area (Å²) in [5.41, 5.74) is -0.0130. The second-order valence-corrected chi connectivity index (χ2v) is 7.60. The van der Waals surface area contributed by atoms with E-state index in [-0.39, 0.29) is 5.60 Å². The molecule has 1 rings (SSSR count). The van der Waals surface area contributed by atoms with Gasteiger partial charge in [0.15, 0.2) is 0 Å². The molecule has 1 saturated heterocycles. The first-order valence-corrected chi connectivity index (χ1v) is 8.22. The van der Waals surface area contributed by atoms with E-state index in [0.29, 0.717) is 6.04 Å². The van der Waals surface area contributed by atoms with Crippen LogP contribution in [0.1, 0.15) is 27.2 Å². The summed E-state index contributed by atoms with van der Waals surface area (Å²) in [6.07, 6.45) is 1.06. The molecule has 1 heterocycles. The number of hydrogen-bond acceptors (Lipinski definition) is 4. The highest BCUT2D eigenvalue weighted by molar-refractivity contribution is 8.06. The molecule has 0 aromatic rings. The lowest BCUT2D eigenvalue weighted by atomic mass is 10.00. The van der Waals surface area contributed by atoms with E-state index < -0.39 is 0 Å². The zero-order chi connectivity index (χ0) is 12.0. The largest absolute Gasteiger partial charge is 0.379 e. The third kappa shape index (κ3) is 5.80. The monoisotopic (exact) mass is 263 g/mol. The number of hydrogen-bond donors (Lipinski definition) is 1. The molecule has 96 valence electrons. The van der Waals surface area contributed by atoms with Crippen LogP contribution in [-0.2, 0) is 4.74 Å². The van der Waals surface area contributed by atoms with Crippen molar-refractivity contribution < 1.29 is 4.74 Å². The highest BCUT2D eigenvalue weighted by Gasteiger charge is 2.21. The van der Waals surface area contributed by atoms with Crippen molar-refractivity contribution >= 4 is 23.5 Å². The fourth-order valence-corrected chi connectivity index (χ4v) is 4.50. The van der Waals surface area contributed by atoms with Crippen LogP contribution in [0.5, 0.6) is 0 Å². The minimum atomic E-state index is -0.0130. The van der Waals surface area contributed by atoms with Gasteiger partial charge >= 0.3 is 0 Å². The molecule has 0 amide bonds. The van der Waals surface area contributed by atoms with E-state index in [9.17, 15) is 0 Å². The average Bonchev–Trinajstić information content (AvgIpc) is 2.27. The van der Waals surface area contributed by atoms with Crippen LogP contribution in [0.3, 0.4) is 0 Å². The quantitative estimate of drug-likeness (QED) is 0.795. The molecule has 0 saturated carbocycles. The molecular weight excluding hydrogens is 238 g/mol. The van der Waals surface area contributed by atoms with Crippen LogP contribution in [0, 0.1) is 0 Å². The van der Waals surface area contributed by atoms with E-state index in [4.69, 9.17) is 4.74 Å². The molecule has 2 atom stereocenters. The van der Waals surface area contributed by atoms with E-state index in [1.807, 2.05) is 0 Å². The van der Waals surface area contributed by atoms with Crippen molar-refractivity contribution in [2.24, 2.45) is 0 Å². The first-order valence-electron chi connectivity index (χ1n) is 6.01. The summed E-state index contributed by atoms with van der Waals surface area (Å²) in [5, 5.41) is 4.43. The zero-order valence-corrected chi connectivity index (χ0v) is 12.5. The number of ether oxygens (including phenoxy) is 1. The topological polar surface area (TPSA) is 21.3 Å². The molecule has 1 aliphatic rings. The van der Waals surface area contributed by atoms with Gasteiger partial charge in [0.25, 0.3) is 0 Å². The molecule has 2 nitrogen and oxygen atoms in total. The Kier molecular flexibility index (Phi) is 6.55. The molecule has 2 unspecified atom stereocenters. The lowest BCUT2D eigenvalue weighted by Crippen LogP contribution is -2.39. The Morgan fingerprint density at radius 3 is 2.75 bits per heavy atom. The van der Waals surface area contributed by atoms with Crippen molar-refractivity contribution in [1.82, 2.24) is 5.32 Å². The summed E-state index contributed by atoms with van der Waals surface area (Å²) in [6, 6.07) is 0.530. The van der Waals surface area contributed by atoms with Gasteiger partial charge in [-0.25, -0.2) is 0 Å². The summed E-state index contributed by atoms with van der Waals surface area (Å²) in [6.45, 7) is 7.69. The molecule has 0 spiro atoms. The lowest BCUT2D eigenvalue weighted by Gasteiger charge is -2.29. The zero-order valence-electron chi connectivity index (χ0n) is 10.9. The van der Waals surface area contributed by atoms with Gasteiger partial charge in [0.1, 0.15) is 0 Å². The highest BCUT2D eigenvalue weighted by atomic mass is 32.2. The van der Waals surface area contributed by atoms with Crippen LogP contribution in [0.25, 0.3) is 0 Å². The van der Waals surface area contributed by atoms with Gasteiger partial charge in [0, 0.05) is 42.2 Å². The summed E-state index contributed by atoms with van der Waals surface area (Å²) < 4.78 is 5.45. The molecular formula is C12H25NOS2. The van der Waals surface area contributed by atoms with Crippen LogP contribution in [0.4, 0.5) is 0 Å². The maximum absolute atomic E-state index is 5.45. The van der Waals surface area contributed by atoms with Crippen molar-refractivity contribution in [1.29, 1.82) is 0 Å². The smallest absolute Gasteiger partial charge is 0.0637 e. The molecule has 0 aliphatic carbocycles. The molecule has 1 aliphatic heterocycles. The standard InChI is InChI=1S/C12H25NOS2/c1-10(7-12(2,3)14-4)13-8-11-9-15-5-6-16-11/h10-11,13H,5-9H2,1-4H3. The van der Waals surface area contributed by atoms with Crippen molar-refractivity contribution in [3.05, 3.63) is 0 Å². The molecule has 0 aromatic heterocycles. The average molecular weight is 263 g/mol. The molecule has 1 N–H and O–H groups in total. The van der Waals surface area contributed by atoms with E-state index in [1.54, 1.807) is 7.11 Å². The Balaban J connectivity index is 2.16. The summed E-state index contributed by atoms with van der Waals surface area (Å²) >= 11 is 4.20. The van der Waals surface area contributed by atoms with E-state index in [2.05, 4.69) is 49.6 Å². The summed E-state index contributed by atoms with van der Waals surface area (Å²) in [7, 11) is 1.79. The van der Waals surface area contributed by atoms with E-state index >= 15 is 0 Å². The predicted molar refractivity (Wildman–Crippen MR) is 76.7 cm³/mol. The van der Waals surface area contributed by atoms with Gasteiger partial charge < -0.3 is 10.1 Å². The van der Waals surface area contributed by atoms with Gasteiger partial charge in [-0.15, -0.1) is 0 Å². The SMILES string of the molecule is COC(C)(C)CC(C)NCC1CSCCS1. The Bertz CT molecular complexity index is 193. The van der Waals surface area contributed by atoms with Crippen LogP contribution in [-0.4, -0.2) is 47.8 Å². The molecule has 1 fully saturated rings. The Labute approximate surface area is 109 Å². The second kappa shape index (κ2) is 7.14. The van der Waals surface area contributed by atoms with Crippen LogP contribution in [0.15, 0.2) is 0 Å². The Morgan fingerprint density at radius 2 is 2.19 bits per heavy atom. The first-order chi connectivity index (χ1) is 7.53. The van der Waals surface area contributed by atoms with Gasteiger partial charge in [0.2, 0.25) is 0 Å². The van der Waals surface area contributed by atoms with Crippen molar-refractivity contribution in [3.63, 3.8) is 0 Å². The number of thioether (sulfide) groups is 2. The Hall–Kier alpha value is 0.620. The molecule has 4 heteroatoms. The van der Waals surface area contributed by atoms with Crippen LogP contribution >= 0.6 is 23.5 Å². The predicted octanol–water partition coefficient (Wildman–Crippen LogP) is 2.63. The minimum absolute atomic E-state index is 0.0130. The van der Waals surface area contributed by atoms with Gasteiger partial charge in [-0.3, -0.25) is 0 Å². The molecule has 0 bridgehead atoms. The highest BCUT2D eigenvalue weighted by Crippen LogP contribution is 2.23. The second-order valence-electron chi connectivity index (χ2n) is 5.04. The van der Waals surface area contributed by atoms with E-state index in [0.717, 1.165) is 18.2 Å². The summed E-state index contributed by atoms with van der Waals surface area (Å²) in [4.78, 5) is 0. The maximum atomic E-state index is 5.45. The van der Waals surface area contributed by atoms with Crippen LogP contribution < -0.4 is 5.32 Å². The van der Waals surface area contributed by atoms with Gasteiger partial charge in [0.05, 0.1) is 5.60 Å².